The Morgan fingerprint density at radius 3 is 2.76 bits per heavy atom. The lowest BCUT2D eigenvalue weighted by Crippen LogP contribution is -2.57. The number of rotatable bonds is 6. The summed E-state index contributed by atoms with van der Waals surface area (Å²) in [6, 6.07) is -0.719. The molecule has 1 saturated carbocycles. The summed E-state index contributed by atoms with van der Waals surface area (Å²) in [6.45, 7) is 3.55. The quantitative estimate of drug-likeness (QED) is 0.801. The number of ether oxygens (including phenoxy) is 1. The van der Waals surface area contributed by atoms with Crippen LogP contribution in [0.1, 0.15) is 19.8 Å². The van der Waals surface area contributed by atoms with Gasteiger partial charge in [-0.25, -0.2) is 9.59 Å². The van der Waals surface area contributed by atoms with Crippen molar-refractivity contribution in [3.8, 4) is 0 Å². The molecule has 2 fully saturated rings. The maximum atomic E-state index is 12.8. The molecular formula is C14H24N2O4S. The number of urea groups is 1. The smallest absolute Gasteiger partial charge is 0.327 e. The van der Waals surface area contributed by atoms with E-state index in [-0.39, 0.29) is 12.1 Å². The van der Waals surface area contributed by atoms with Crippen LogP contribution in [0.2, 0.25) is 0 Å². The molecular weight excluding hydrogens is 292 g/mol. The van der Waals surface area contributed by atoms with Gasteiger partial charge in [0.2, 0.25) is 0 Å². The maximum Gasteiger partial charge on any atom is 0.327 e. The first kappa shape index (κ1) is 16.4. The molecule has 1 saturated heterocycles. The zero-order valence-electron chi connectivity index (χ0n) is 12.7. The summed E-state index contributed by atoms with van der Waals surface area (Å²) in [7, 11) is 1.61. The topological polar surface area (TPSA) is 70.1 Å². The lowest BCUT2D eigenvalue weighted by molar-refractivity contribution is -0.141. The van der Waals surface area contributed by atoms with Crippen molar-refractivity contribution < 1.29 is 19.4 Å². The summed E-state index contributed by atoms with van der Waals surface area (Å²) in [6.07, 6.45) is 2.30. The molecule has 2 aliphatic rings. The molecule has 1 heterocycles. The van der Waals surface area contributed by atoms with Crippen molar-refractivity contribution in [3.63, 3.8) is 0 Å². The Labute approximate surface area is 129 Å². The van der Waals surface area contributed by atoms with E-state index in [1.807, 2.05) is 0 Å². The van der Waals surface area contributed by atoms with Gasteiger partial charge < -0.3 is 19.6 Å². The van der Waals surface area contributed by atoms with Gasteiger partial charge in [0.1, 0.15) is 6.04 Å². The number of carbonyl (C=O) groups excluding carboxylic acids is 1. The van der Waals surface area contributed by atoms with Crippen LogP contribution in [0.15, 0.2) is 0 Å². The molecule has 2 rings (SSSR count). The first-order valence-corrected chi connectivity index (χ1v) is 8.58. The first-order chi connectivity index (χ1) is 10.1. The van der Waals surface area contributed by atoms with E-state index in [0.29, 0.717) is 31.4 Å². The average molecular weight is 316 g/mol. The number of carboxylic acid groups (broad SMARTS) is 1. The summed E-state index contributed by atoms with van der Waals surface area (Å²) < 4.78 is 5.10. The number of thioether (sulfide) groups is 1. The number of aliphatic carboxylic acids is 1. The fourth-order valence-corrected chi connectivity index (χ4v) is 3.74. The molecule has 0 aromatic heterocycles. The lowest BCUT2D eigenvalue weighted by Gasteiger charge is -2.39. The van der Waals surface area contributed by atoms with Gasteiger partial charge >= 0.3 is 12.0 Å². The van der Waals surface area contributed by atoms with E-state index in [0.717, 1.165) is 18.6 Å². The highest BCUT2D eigenvalue weighted by Gasteiger charge is 2.39. The molecule has 6 nitrogen and oxygen atoms in total. The van der Waals surface area contributed by atoms with E-state index in [2.05, 4.69) is 6.92 Å². The molecule has 7 heteroatoms. The minimum absolute atomic E-state index is 0.150. The predicted octanol–water partition coefficient (Wildman–Crippen LogP) is 1.36. The van der Waals surface area contributed by atoms with Crippen LogP contribution < -0.4 is 0 Å². The van der Waals surface area contributed by atoms with Crippen molar-refractivity contribution in [2.24, 2.45) is 5.92 Å². The first-order valence-electron chi connectivity index (χ1n) is 7.43. The van der Waals surface area contributed by atoms with Crippen LogP contribution in [0.25, 0.3) is 0 Å². The SMILES string of the molecule is COCCN(C(=O)N1CCSCC1C(=O)O)C(C)C1CC1. The molecule has 21 heavy (non-hydrogen) atoms. The Bertz CT molecular complexity index is 389. The highest BCUT2D eigenvalue weighted by molar-refractivity contribution is 7.99. The molecule has 1 aliphatic heterocycles. The molecule has 0 aromatic carbocycles. The third-order valence-electron chi connectivity index (χ3n) is 4.24. The van der Waals surface area contributed by atoms with Crippen LogP contribution in [-0.4, -0.2) is 77.3 Å². The van der Waals surface area contributed by atoms with Crippen LogP contribution in [0.5, 0.6) is 0 Å². The summed E-state index contributed by atoms with van der Waals surface area (Å²) in [5.74, 6) is 0.900. The summed E-state index contributed by atoms with van der Waals surface area (Å²) in [4.78, 5) is 27.5. The second kappa shape index (κ2) is 7.35. The third kappa shape index (κ3) is 4.03. The van der Waals surface area contributed by atoms with E-state index in [1.54, 1.807) is 23.8 Å². The van der Waals surface area contributed by atoms with Gasteiger partial charge in [0.05, 0.1) is 6.61 Å². The maximum absolute atomic E-state index is 12.8. The van der Waals surface area contributed by atoms with Crippen LogP contribution in [0.3, 0.4) is 0 Å². The van der Waals surface area contributed by atoms with Gasteiger partial charge in [0.25, 0.3) is 0 Å². The van der Waals surface area contributed by atoms with Gasteiger partial charge in [-0.1, -0.05) is 0 Å². The number of hydrogen-bond donors (Lipinski definition) is 1. The molecule has 2 amide bonds. The predicted molar refractivity (Wildman–Crippen MR) is 81.6 cm³/mol. The summed E-state index contributed by atoms with van der Waals surface area (Å²) in [5, 5.41) is 9.33. The molecule has 120 valence electrons. The number of hydrogen-bond acceptors (Lipinski definition) is 4. The number of carboxylic acids is 1. The van der Waals surface area contributed by atoms with E-state index in [1.165, 1.54) is 4.90 Å². The zero-order valence-corrected chi connectivity index (χ0v) is 13.5. The van der Waals surface area contributed by atoms with E-state index < -0.39 is 12.0 Å². The Balaban J connectivity index is 2.09. The van der Waals surface area contributed by atoms with Crippen molar-refractivity contribution in [3.05, 3.63) is 0 Å². The van der Waals surface area contributed by atoms with E-state index in [9.17, 15) is 14.7 Å². The van der Waals surface area contributed by atoms with Gasteiger partial charge in [-0.05, 0) is 25.7 Å². The Hall–Kier alpha value is -0.950. The average Bonchev–Trinajstić information content (AvgIpc) is 3.31. The second-order valence-electron chi connectivity index (χ2n) is 5.67. The molecule has 2 atom stereocenters. The monoisotopic (exact) mass is 316 g/mol. The van der Waals surface area contributed by atoms with Crippen LogP contribution in [-0.2, 0) is 9.53 Å². The normalized spacial score (nSPS) is 23.7. The Kier molecular flexibility index (Phi) is 5.75. The number of carbonyl (C=O) groups is 2. The molecule has 0 bridgehead atoms. The number of nitrogens with zero attached hydrogens (tertiary/aromatic N) is 2. The Morgan fingerprint density at radius 1 is 1.48 bits per heavy atom. The van der Waals surface area contributed by atoms with Gasteiger partial charge in [0.15, 0.2) is 0 Å². The van der Waals surface area contributed by atoms with Gasteiger partial charge in [-0.2, -0.15) is 11.8 Å². The third-order valence-corrected chi connectivity index (χ3v) is 5.26. The van der Waals surface area contributed by atoms with Crippen LogP contribution >= 0.6 is 11.8 Å². The number of methoxy groups -OCH3 is 1. The van der Waals surface area contributed by atoms with Crippen molar-refractivity contribution >= 4 is 23.8 Å². The van der Waals surface area contributed by atoms with Gasteiger partial charge in [-0.3, -0.25) is 0 Å². The molecule has 1 aliphatic carbocycles. The number of amides is 2. The molecule has 0 radical (unpaired) electrons. The minimum atomic E-state index is -0.915. The van der Waals surface area contributed by atoms with Gasteiger partial charge in [0, 0.05) is 37.7 Å². The fraction of sp³-hybridized carbons (Fsp3) is 0.857. The van der Waals surface area contributed by atoms with Crippen LogP contribution in [0, 0.1) is 5.92 Å². The highest BCUT2D eigenvalue weighted by Crippen LogP contribution is 2.35. The fourth-order valence-electron chi connectivity index (χ4n) is 2.70. The standard InChI is InChI=1S/C14H24N2O4S/c1-10(11-3-4-11)15(5-7-20-2)14(19)16-6-8-21-9-12(16)13(17)18/h10-12H,3-9H2,1-2H3,(H,17,18). The zero-order chi connectivity index (χ0) is 15.4. The van der Waals surface area contributed by atoms with E-state index in [4.69, 9.17) is 4.74 Å². The second-order valence-corrected chi connectivity index (χ2v) is 6.82. The Morgan fingerprint density at radius 2 is 2.19 bits per heavy atom. The molecule has 0 spiro atoms. The molecule has 2 unspecified atom stereocenters. The lowest BCUT2D eigenvalue weighted by atomic mass is 10.2. The van der Waals surface area contributed by atoms with Crippen molar-refractivity contribution in [1.82, 2.24) is 9.80 Å². The summed E-state index contributed by atoms with van der Waals surface area (Å²) in [5.41, 5.74) is 0. The van der Waals surface area contributed by atoms with Gasteiger partial charge in [-0.15, -0.1) is 0 Å². The van der Waals surface area contributed by atoms with Crippen molar-refractivity contribution in [1.29, 1.82) is 0 Å². The molecule has 0 aromatic rings. The highest BCUT2D eigenvalue weighted by atomic mass is 32.2. The largest absolute Gasteiger partial charge is 0.480 e. The van der Waals surface area contributed by atoms with E-state index >= 15 is 0 Å². The minimum Gasteiger partial charge on any atom is -0.480 e. The molecule has 1 N–H and O–H groups in total. The summed E-state index contributed by atoms with van der Waals surface area (Å²) >= 11 is 1.59. The van der Waals surface area contributed by atoms with Crippen molar-refractivity contribution in [2.75, 3.05) is 38.3 Å². The van der Waals surface area contributed by atoms with Crippen molar-refractivity contribution in [2.45, 2.75) is 31.8 Å². The van der Waals surface area contributed by atoms with Crippen LogP contribution in [0.4, 0.5) is 4.79 Å².